The van der Waals surface area contributed by atoms with E-state index in [-0.39, 0.29) is 5.56 Å². The Hall–Kier alpha value is -1.27. The van der Waals surface area contributed by atoms with Crippen molar-refractivity contribution in [2.75, 3.05) is 20.6 Å². The van der Waals surface area contributed by atoms with E-state index in [1.54, 1.807) is 13.0 Å². The fourth-order valence-electron chi connectivity index (χ4n) is 3.56. The third-order valence-corrected chi connectivity index (χ3v) is 5.32. The number of hydrogen-bond donors (Lipinski definition) is 1. The molecule has 1 aliphatic heterocycles. The van der Waals surface area contributed by atoms with Gasteiger partial charge in [0.15, 0.2) is 11.5 Å². The molecule has 0 bridgehead atoms. The van der Waals surface area contributed by atoms with Gasteiger partial charge in [0.2, 0.25) is 0 Å². The predicted octanol–water partition coefficient (Wildman–Crippen LogP) is 3.68. The maximum absolute atomic E-state index is 11.4. The third kappa shape index (κ3) is 3.06. The van der Waals surface area contributed by atoms with E-state index < -0.39 is 11.8 Å². The second-order valence-corrected chi connectivity index (χ2v) is 7.67. The number of ether oxygens (including phenoxy) is 2. The number of halogens is 1. The van der Waals surface area contributed by atoms with Crippen molar-refractivity contribution < 1.29 is 19.4 Å². The molecule has 6 heteroatoms. The monoisotopic (exact) mass is 383 g/mol. The molecular formula is C17H22BrNO4. The van der Waals surface area contributed by atoms with E-state index in [2.05, 4.69) is 34.9 Å². The Morgan fingerprint density at radius 2 is 1.96 bits per heavy atom. The van der Waals surface area contributed by atoms with E-state index in [0.29, 0.717) is 27.5 Å². The Labute approximate surface area is 144 Å². The number of fused-ring (bicyclic) bond motifs is 1. The molecule has 1 N–H and O–H groups in total. The van der Waals surface area contributed by atoms with Crippen molar-refractivity contribution in [1.29, 1.82) is 0 Å². The first kappa shape index (κ1) is 16.6. The van der Waals surface area contributed by atoms with Gasteiger partial charge >= 0.3 is 5.97 Å². The maximum Gasteiger partial charge on any atom is 0.336 e. The van der Waals surface area contributed by atoms with Gasteiger partial charge in [-0.25, -0.2) is 4.79 Å². The fraction of sp³-hybridized carbons (Fsp3) is 0.588. The van der Waals surface area contributed by atoms with E-state index in [1.165, 1.54) is 0 Å². The molecule has 126 valence electrons. The Balaban J connectivity index is 1.81. The second-order valence-electron chi connectivity index (χ2n) is 6.81. The highest BCUT2D eigenvalue weighted by Gasteiger charge is 2.46. The zero-order valence-corrected chi connectivity index (χ0v) is 15.3. The van der Waals surface area contributed by atoms with Gasteiger partial charge in [0.05, 0.1) is 10.0 Å². The Kier molecular flexibility index (Phi) is 4.31. The number of carboxylic acid groups (broad SMARTS) is 1. The van der Waals surface area contributed by atoms with Crippen molar-refractivity contribution in [3.8, 4) is 11.5 Å². The lowest BCUT2D eigenvalue weighted by Gasteiger charge is -2.36. The first-order valence-corrected chi connectivity index (χ1v) is 8.70. The van der Waals surface area contributed by atoms with Gasteiger partial charge < -0.3 is 19.5 Å². The van der Waals surface area contributed by atoms with E-state index in [1.807, 2.05) is 0 Å². The van der Waals surface area contributed by atoms with Crippen molar-refractivity contribution >= 4 is 21.9 Å². The minimum absolute atomic E-state index is 0.248. The lowest BCUT2D eigenvalue weighted by Crippen LogP contribution is -2.43. The summed E-state index contributed by atoms with van der Waals surface area (Å²) < 4.78 is 13.0. The van der Waals surface area contributed by atoms with Gasteiger partial charge in [-0.2, -0.15) is 0 Å². The zero-order valence-electron chi connectivity index (χ0n) is 13.7. The van der Waals surface area contributed by atoms with Crippen LogP contribution >= 0.6 is 15.9 Å². The molecule has 0 atom stereocenters. The summed E-state index contributed by atoms with van der Waals surface area (Å²) in [6.07, 6.45) is 3.76. The molecule has 0 amide bonds. The van der Waals surface area contributed by atoms with Crippen LogP contribution < -0.4 is 9.47 Å². The molecule has 3 rings (SSSR count). The molecule has 23 heavy (non-hydrogen) atoms. The minimum Gasteiger partial charge on any atom is -0.478 e. The summed E-state index contributed by atoms with van der Waals surface area (Å²) in [5.41, 5.74) is 0.876. The molecule has 0 saturated heterocycles. The SMILES string of the molecule is Cc1c(C(=O)O)cc(Br)c2c1OC1(CCC(CN(C)C)CC1)O2. The molecule has 1 aliphatic carbocycles. The van der Waals surface area contributed by atoms with E-state index in [0.717, 1.165) is 32.2 Å². The van der Waals surface area contributed by atoms with Gasteiger partial charge in [0.25, 0.3) is 5.79 Å². The van der Waals surface area contributed by atoms with Gasteiger partial charge in [0.1, 0.15) is 0 Å². The molecule has 0 aromatic heterocycles. The Morgan fingerprint density at radius 3 is 2.52 bits per heavy atom. The molecule has 1 saturated carbocycles. The summed E-state index contributed by atoms with van der Waals surface area (Å²) in [4.78, 5) is 13.6. The summed E-state index contributed by atoms with van der Waals surface area (Å²) in [6.45, 7) is 2.85. The minimum atomic E-state index is -0.953. The number of rotatable bonds is 3. The summed E-state index contributed by atoms with van der Waals surface area (Å²) in [7, 11) is 4.19. The van der Waals surface area contributed by atoms with Crippen LogP contribution in [-0.2, 0) is 0 Å². The average molecular weight is 384 g/mol. The highest BCUT2D eigenvalue weighted by molar-refractivity contribution is 9.10. The molecule has 0 unspecified atom stereocenters. The van der Waals surface area contributed by atoms with Gasteiger partial charge in [-0.05, 0) is 61.8 Å². The summed E-state index contributed by atoms with van der Waals surface area (Å²) in [5.74, 6) is 0.285. The van der Waals surface area contributed by atoms with Crippen LogP contribution in [-0.4, -0.2) is 42.4 Å². The summed E-state index contributed by atoms with van der Waals surface area (Å²) in [5, 5.41) is 9.32. The van der Waals surface area contributed by atoms with E-state index in [9.17, 15) is 9.90 Å². The highest BCUT2D eigenvalue weighted by Crippen LogP contribution is 2.52. The van der Waals surface area contributed by atoms with Crippen LogP contribution in [0.15, 0.2) is 10.5 Å². The van der Waals surface area contributed by atoms with Gasteiger partial charge in [-0.15, -0.1) is 0 Å². The lowest BCUT2D eigenvalue weighted by atomic mass is 9.85. The van der Waals surface area contributed by atoms with E-state index >= 15 is 0 Å². The molecule has 1 fully saturated rings. The quantitative estimate of drug-likeness (QED) is 0.862. The van der Waals surface area contributed by atoms with Crippen molar-refractivity contribution in [1.82, 2.24) is 4.90 Å². The number of carbonyl (C=O) groups is 1. The lowest BCUT2D eigenvalue weighted by molar-refractivity contribution is -0.115. The van der Waals surface area contributed by atoms with Crippen molar-refractivity contribution in [2.24, 2.45) is 5.92 Å². The first-order valence-electron chi connectivity index (χ1n) is 7.90. The topological polar surface area (TPSA) is 59.0 Å². The molecule has 2 aliphatic rings. The molecule has 0 radical (unpaired) electrons. The molecule has 1 heterocycles. The number of aromatic carboxylic acids is 1. The maximum atomic E-state index is 11.4. The number of carboxylic acids is 1. The second kappa shape index (κ2) is 5.98. The fourth-order valence-corrected chi connectivity index (χ4v) is 4.04. The predicted molar refractivity (Wildman–Crippen MR) is 90.3 cm³/mol. The Morgan fingerprint density at radius 1 is 1.35 bits per heavy atom. The third-order valence-electron chi connectivity index (χ3n) is 4.74. The van der Waals surface area contributed by atoms with Crippen LogP contribution in [0.4, 0.5) is 0 Å². The number of hydrogen-bond acceptors (Lipinski definition) is 4. The normalized spacial score (nSPS) is 26.0. The average Bonchev–Trinajstić information content (AvgIpc) is 2.85. The first-order chi connectivity index (χ1) is 10.8. The largest absolute Gasteiger partial charge is 0.478 e. The van der Waals surface area contributed by atoms with Gasteiger partial charge in [-0.3, -0.25) is 0 Å². The number of benzene rings is 1. The summed E-state index contributed by atoms with van der Waals surface area (Å²) in [6, 6.07) is 1.59. The molecule has 1 aromatic rings. The molecule has 1 aromatic carbocycles. The van der Waals surface area contributed by atoms with Crippen LogP contribution in [0.1, 0.15) is 41.6 Å². The molecule has 1 spiro atoms. The number of nitrogens with zero attached hydrogens (tertiary/aromatic N) is 1. The van der Waals surface area contributed by atoms with Crippen LogP contribution in [0.5, 0.6) is 11.5 Å². The smallest absolute Gasteiger partial charge is 0.336 e. The zero-order chi connectivity index (χ0) is 16.8. The molecular weight excluding hydrogens is 362 g/mol. The van der Waals surface area contributed by atoms with Gasteiger partial charge in [-0.1, -0.05) is 0 Å². The van der Waals surface area contributed by atoms with Crippen molar-refractivity contribution in [3.05, 3.63) is 21.7 Å². The van der Waals surface area contributed by atoms with Crippen molar-refractivity contribution in [3.63, 3.8) is 0 Å². The van der Waals surface area contributed by atoms with Crippen LogP contribution in [0.25, 0.3) is 0 Å². The van der Waals surface area contributed by atoms with Crippen LogP contribution in [0, 0.1) is 12.8 Å². The summed E-state index contributed by atoms with van der Waals surface area (Å²) >= 11 is 3.42. The Bertz CT molecular complexity index is 636. The van der Waals surface area contributed by atoms with Crippen LogP contribution in [0.3, 0.4) is 0 Å². The standard InChI is InChI=1S/C17H22BrNO4/c1-10-12(16(20)21)8-13(18)15-14(10)22-17(23-15)6-4-11(5-7-17)9-19(2)3/h8,11H,4-7,9H2,1-3H3,(H,20,21). The van der Waals surface area contributed by atoms with Crippen LogP contribution in [0.2, 0.25) is 0 Å². The van der Waals surface area contributed by atoms with Gasteiger partial charge in [0, 0.05) is 24.9 Å². The van der Waals surface area contributed by atoms with E-state index in [4.69, 9.17) is 9.47 Å². The molecule has 5 nitrogen and oxygen atoms in total. The highest BCUT2D eigenvalue weighted by atomic mass is 79.9. The van der Waals surface area contributed by atoms with Crippen molar-refractivity contribution in [2.45, 2.75) is 38.4 Å².